The maximum absolute atomic E-state index is 12.3. The summed E-state index contributed by atoms with van der Waals surface area (Å²) in [4.78, 5) is 20.7. The van der Waals surface area contributed by atoms with Crippen molar-refractivity contribution in [2.45, 2.75) is 6.54 Å². The average Bonchev–Trinajstić information content (AvgIpc) is 2.85. The van der Waals surface area contributed by atoms with Crippen LogP contribution in [0.15, 0.2) is 35.6 Å². The van der Waals surface area contributed by atoms with Crippen LogP contribution in [-0.4, -0.2) is 24.3 Å². The number of pyridine rings is 1. The summed E-state index contributed by atoms with van der Waals surface area (Å²) in [5.41, 5.74) is 3.74. The van der Waals surface area contributed by atoms with Crippen LogP contribution in [0.3, 0.4) is 0 Å². The van der Waals surface area contributed by atoms with Crippen LogP contribution in [0.4, 0.5) is 5.82 Å². The average molecular weight is 271 g/mol. The van der Waals surface area contributed by atoms with Crippen molar-refractivity contribution in [1.29, 1.82) is 0 Å². The minimum absolute atomic E-state index is 0.144. The van der Waals surface area contributed by atoms with Gasteiger partial charge in [0.1, 0.15) is 17.5 Å². The van der Waals surface area contributed by atoms with Crippen molar-refractivity contribution in [1.82, 2.24) is 24.3 Å². The predicted octanol–water partition coefficient (Wildman–Crippen LogP) is -0.141. The van der Waals surface area contributed by atoms with Gasteiger partial charge in [-0.15, -0.1) is 0 Å². The fourth-order valence-electron chi connectivity index (χ4n) is 2.06. The number of nitrogens with two attached hydrogens (primary N) is 1. The van der Waals surface area contributed by atoms with Crippen molar-refractivity contribution in [3.05, 3.63) is 46.8 Å². The first-order valence-electron chi connectivity index (χ1n) is 5.98. The van der Waals surface area contributed by atoms with Crippen LogP contribution in [0.5, 0.6) is 0 Å². The second-order valence-corrected chi connectivity index (χ2v) is 4.34. The van der Waals surface area contributed by atoms with Crippen LogP contribution >= 0.6 is 0 Å². The van der Waals surface area contributed by atoms with Crippen LogP contribution in [-0.2, 0) is 13.6 Å². The second-order valence-electron chi connectivity index (χ2n) is 4.34. The van der Waals surface area contributed by atoms with Gasteiger partial charge in [0.05, 0.1) is 12.7 Å². The monoisotopic (exact) mass is 271 g/mol. The Kier molecular flexibility index (Phi) is 2.92. The van der Waals surface area contributed by atoms with Crippen molar-refractivity contribution in [2.24, 2.45) is 12.9 Å². The minimum Gasteiger partial charge on any atom is -0.308 e. The number of aryl methyl sites for hydroxylation is 1. The van der Waals surface area contributed by atoms with Gasteiger partial charge in [0.15, 0.2) is 5.65 Å². The summed E-state index contributed by atoms with van der Waals surface area (Å²) in [6.45, 7) is 0.337. The number of nitrogens with zero attached hydrogens (tertiary/aromatic N) is 5. The Labute approximate surface area is 113 Å². The van der Waals surface area contributed by atoms with E-state index in [2.05, 4.69) is 20.5 Å². The molecule has 0 aliphatic rings. The lowest BCUT2D eigenvalue weighted by Crippen LogP contribution is -2.22. The smallest absolute Gasteiger partial charge is 0.264 e. The van der Waals surface area contributed by atoms with E-state index in [4.69, 9.17) is 5.84 Å². The molecular weight excluding hydrogens is 258 g/mol. The number of anilines is 1. The van der Waals surface area contributed by atoms with Gasteiger partial charge in [-0.25, -0.2) is 15.8 Å². The third-order valence-electron chi connectivity index (χ3n) is 3.09. The van der Waals surface area contributed by atoms with Gasteiger partial charge in [0, 0.05) is 18.8 Å². The lowest BCUT2D eigenvalue weighted by Gasteiger charge is -2.09. The first-order chi connectivity index (χ1) is 9.70. The molecule has 8 heteroatoms. The fourth-order valence-corrected chi connectivity index (χ4v) is 2.06. The Balaban J connectivity index is 2.07. The van der Waals surface area contributed by atoms with Crippen molar-refractivity contribution in [3.63, 3.8) is 0 Å². The molecule has 3 heterocycles. The molecule has 0 aliphatic carbocycles. The predicted molar refractivity (Wildman–Crippen MR) is 73.9 cm³/mol. The summed E-state index contributed by atoms with van der Waals surface area (Å²) in [5.74, 6) is 5.94. The van der Waals surface area contributed by atoms with Crippen molar-refractivity contribution < 1.29 is 0 Å². The van der Waals surface area contributed by atoms with Gasteiger partial charge >= 0.3 is 0 Å². The molecule has 0 aliphatic heterocycles. The maximum atomic E-state index is 12.3. The molecule has 3 N–H and O–H groups in total. The molecule has 3 aromatic rings. The van der Waals surface area contributed by atoms with Gasteiger partial charge in [-0.3, -0.25) is 14.0 Å². The molecule has 0 saturated heterocycles. The standard InChI is InChI=1S/C12H13N7O/c1-18-11-9(5-16-18)12(20)19(7-15-11)6-8-3-2-4-14-10(8)17-13/h2-5,7H,6,13H2,1H3,(H,14,17). The lowest BCUT2D eigenvalue weighted by atomic mass is 10.2. The van der Waals surface area contributed by atoms with Gasteiger partial charge in [0.2, 0.25) is 0 Å². The topological polar surface area (TPSA) is 104 Å². The zero-order valence-corrected chi connectivity index (χ0v) is 10.8. The maximum Gasteiger partial charge on any atom is 0.264 e. The Hall–Kier alpha value is -2.74. The van der Waals surface area contributed by atoms with Gasteiger partial charge in [-0.2, -0.15) is 5.10 Å². The van der Waals surface area contributed by atoms with Crippen molar-refractivity contribution >= 4 is 16.9 Å². The summed E-state index contributed by atoms with van der Waals surface area (Å²) >= 11 is 0. The lowest BCUT2D eigenvalue weighted by molar-refractivity contribution is 0.736. The quantitative estimate of drug-likeness (QED) is 0.507. The van der Waals surface area contributed by atoms with E-state index in [0.717, 1.165) is 5.56 Å². The number of hydrogen-bond acceptors (Lipinski definition) is 6. The minimum atomic E-state index is -0.144. The van der Waals surface area contributed by atoms with E-state index in [0.29, 0.717) is 23.4 Å². The molecule has 8 nitrogen and oxygen atoms in total. The number of hydrogen-bond donors (Lipinski definition) is 2. The van der Waals surface area contributed by atoms with Gasteiger partial charge in [-0.1, -0.05) is 6.07 Å². The molecule has 102 valence electrons. The van der Waals surface area contributed by atoms with E-state index >= 15 is 0 Å². The highest BCUT2D eigenvalue weighted by atomic mass is 16.1. The third kappa shape index (κ3) is 1.91. The number of rotatable bonds is 3. The Bertz CT molecular complexity index is 820. The number of aromatic nitrogens is 5. The van der Waals surface area contributed by atoms with Crippen LogP contribution < -0.4 is 16.8 Å². The van der Waals surface area contributed by atoms with Crippen molar-refractivity contribution in [3.8, 4) is 0 Å². The molecule has 0 atom stereocenters. The molecule has 0 amide bonds. The summed E-state index contributed by atoms with van der Waals surface area (Å²) in [7, 11) is 1.75. The number of fused-ring (bicyclic) bond motifs is 1. The zero-order chi connectivity index (χ0) is 14.1. The van der Waals surface area contributed by atoms with Crippen molar-refractivity contribution in [2.75, 3.05) is 5.43 Å². The van der Waals surface area contributed by atoms with E-state index in [1.807, 2.05) is 6.07 Å². The molecule has 0 radical (unpaired) electrons. The summed E-state index contributed by atoms with van der Waals surface area (Å²) in [6, 6.07) is 3.64. The summed E-state index contributed by atoms with van der Waals surface area (Å²) < 4.78 is 3.07. The molecule has 20 heavy (non-hydrogen) atoms. The first-order valence-corrected chi connectivity index (χ1v) is 5.98. The highest BCUT2D eigenvalue weighted by molar-refractivity contribution is 5.72. The highest BCUT2D eigenvalue weighted by Crippen LogP contribution is 2.11. The normalized spacial score (nSPS) is 10.9. The molecule has 0 unspecified atom stereocenters. The number of hydrazine groups is 1. The van der Waals surface area contributed by atoms with Crippen LogP contribution in [0.2, 0.25) is 0 Å². The van der Waals surface area contributed by atoms with E-state index in [1.165, 1.54) is 17.1 Å². The molecule has 0 bridgehead atoms. The molecular formula is C12H13N7O. The van der Waals surface area contributed by atoms with E-state index in [-0.39, 0.29) is 5.56 Å². The Morgan fingerprint density at radius 3 is 3.05 bits per heavy atom. The number of nitrogen functional groups attached to an aromatic ring is 1. The summed E-state index contributed by atoms with van der Waals surface area (Å²) in [6.07, 6.45) is 4.65. The fraction of sp³-hybridized carbons (Fsp3) is 0.167. The molecule has 0 fully saturated rings. The Morgan fingerprint density at radius 2 is 2.25 bits per heavy atom. The summed E-state index contributed by atoms with van der Waals surface area (Å²) in [5, 5.41) is 4.52. The van der Waals surface area contributed by atoms with Crippen LogP contribution in [0.25, 0.3) is 11.0 Å². The first kappa shape index (κ1) is 12.3. The molecule has 0 aromatic carbocycles. The van der Waals surface area contributed by atoms with E-state index in [9.17, 15) is 4.79 Å². The molecule has 0 saturated carbocycles. The molecule has 3 rings (SSSR count). The van der Waals surface area contributed by atoms with Gasteiger partial charge in [-0.05, 0) is 6.07 Å². The van der Waals surface area contributed by atoms with Gasteiger partial charge in [0.25, 0.3) is 5.56 Å². The molecule has 0 spiro atoms. The van der Waals surface area contributed by atoms with Gasteiger partial charge < -0.3 is 5.43 Å². The number of nitrogens with one attached hydrogen (secondary N) is 1. The van der Waals surface area contributed by atoms with Crippen LogP contribution in [0, 0.1) is 0 Å². The van der Waals surface area contributed by atoms with Crippen LogP contribution in [0.1, 0.15) is 5.56 Å². The largest absolute Gasteiger partial charge is 0.308 e. The SMILES string of the molecule is Cn1ncc2c(=O)n(Cc3cccnc3NN)cnc21. The molecule has 3 aromatic heterocycles. The third-order valence-corrected chi connectivity index (χ3v) is 3.09. The zero-order valence-electron chi connectivity index (χ0n) is 10.8. The van der Waals surface area contributed by atoms with E-state index < -0.39 is 0 Å². The Morgan fingerprint density at radius 1 is 1.40 bits per heavy atom. The second kappa shape index (κ2) is 4.74. The highest BCUT2D eigenvalue weighted by Gasteiger charge is 2.10. The van der Waals surface area contributed by atoms with E-state index in [1.54, 1.807) is 24.0 Å².